The van der Waals surface area contributed by atoms with Crippen molar-refractivity contribution in [1.82, 2.24) is 9.80 Å². The van der Waals surface area contributed by atoms with Gasteiger partial charge in [0.1, 0.15) is 0 Å². The average molecular weight is 211 g/mol. The van der Waals surface area contributed by atoms with Crippen molar-refractivity contribution < 1.29 is 9.59 Å². The molecular weight excluding hydrogens is 194 g/mol. The Labute approximate surface area is 89.2 Å². The zero-order chi connectivity index (χ0) is 11.0. The lowest BCUT2D eigenvalue weighted by atomic mass is 9.88. The number of rotatable bonds is 2. The van der Waals surface area contributed by atoms with Gasteiger partial charge in [-0.15, -0.1) is 0 Å². The highest BCUT2D eigenvalue weighted by Crippen LogP contribution is 2.32. The molecule has 2 aliphatic heterocycles. The van der Waals surface area contributed by atoms with Gasteiger partial charge >= 0.3 is 0 Å². The van der Waals surface area contributed by atoms with Gasteiger partial charge in [-0.3, -0.25) is 14.5 Å². The Morgan fingerprint density at radius 2 is 2.00 bits per heavy atom. The fourth-order valence-corrected chi connectivity index (χ4v) is 2.56. The molecule has 2 aliphatic rings. The number of amides is 2. The van der Waals surface area contributed by atoms with E-state index in [0.29, 0.717) is 13.1 Å². The fraction of sp³-hybridized carbons (Fsp3) is 0.800. The molecule has 2 N–H and O–H groups in total. The molecule has 0 saturated carbocycles. The number of carbonyl (C=O) groups excluding carboxylic acids is 2. The molecule has 2 heterocycles. The summed E-state index contributed by atoms with van der Waals surface area (Å²) in [5, 5.41) is 0. The zero-order valence-corrected chi connectivity index (χ0v) is 8.98. The summed E-state index contributed by atoms with van der Waals surface area (Å²) in [6.45, 7) is 2.99. The first-order valence-corrected chi connectivity index (χ1v) is 5.39. The van der Waals surface area contributed by atoms with E-state index < -0.39 is 0 Å². The van der Waals surface area contributed by atoms with Crippen molar-refractivity contribution in [2.45, 2.75) is 6.42 Å². The van der Waals surface area contributed by atoms with Crippen molar-refractivity contribution in [3.63, 3.8) is 0 Å². The summed E-state index contributed by atoms with van der Waals surface area (Å²) < 4.78 is 0. The molecule has 5 heteroatoms. The molecule has 0 aromatic carbocycles. The van der Waals surface area contributed by atoms with Gasteiger partial charge in [-0.25, -0.2) is 0 Å². The second-order valence-electron chi connectivity index (χ2n) is 4.33. The quantitative estimate of drug-likeness (QED) is 0.588. The molecule has 2 rings (SSSR count). The van der Waals surface area contributed by atoms with E-state index in [1.807, 2.05) is 0 Å². The third-order valence-corrected chi connectivity index (χ3v) is 3.44. The van der Waals surface area contributed by atoms with Gasteiger partial charge in [0.25, 0.3) is 0 Å². The average Bonchev–Trinajstić information content (AvgIpc) is 2.45. The van der Waals surface area contributed by atoms with Gasteiger partial charge < -0.3 is 10.6 Å². The SMILES string of the molecule is CN1C(=O)[C@H]2CN(CCN)CC[C@H]2C1=O. The van der Waals surface area contributed by atoms with E-state index in [9.17, 15) is 9.59 Å². The van der Waals surface area contributed by atoms with Crippen LogP contribution in [0.25, 0.3) is 0 Å². The van der Waals surface area contributed by atoms with Crippen LogP contribution in [0.3, 0.4) is 0 Å². The lowest BCUT2D eigenvalue weighted by Gasteiger charge is -2.31. The fourth-order valence-electron chi connectivity index (χ4n) is 2.56. The largest absolute Gasteiger partial charge is 0.329 e. The Balaban J connectivity index is 2.08. The van der Waals surface area contributed by atoms with E-state index in [1.165, 1.54) is 4.90 Å². The molecule has 0 radical (unpaired) electrons. The normalized spacial score (nSPS) is 32.3. The van der Waals surface area contributed by atoms with Gasteiger partial charge in [-0.2, -0.15) is 0 Å². The molecule has 2 amide bonds. The number of hydrogen-bond donors (Lipinski definition) is 1. The molecular formula is C10H17N3O2. The van der Waals surface area contributed by atoms with E-state index in [-0.39, 0.29) is 23.7 Å². The Kier molecular flexibility index (Phi) is 2.75. The topological polar surface area (TPSA) is 66.6 Å². The summed E-state index contributed by atoms with van der Waals surface area (Å²) in [5.74, 6) is -0.219. The third-order valence-electron chi connectivity index (χ3n) is 3.44. The molecule has 0 aromatic rings. The van der Waals surface area contributed by atoms with E-state index in [2.05, 4.69) is 4.90 Å². The summed E-state index contributed by atoms with van der Waals surface area (Å²) in [4.78, 5) is 26.9. The first-order valence-electron chi connectivity index (χ1n) is 5.39. The minimum absolute atomic E-state index is 0.00241. The van der Waals surface area contributed by atoms with Gasteiger partial charge in [0, 0.05) is 26.7 Å². The first kappa shape index (κ1) is 10.6. The van der Waals surface area contributed by atoms with Crippen LogP contribution in [0, 0.1) is 11.8 Å². The summed E-state index contributed by atoms with van der Waals surface area (Å²) >= 11 is 0. The van der Waals surface area contributed by atoms with Crippen LogP contribution < -0.4 is 5.73 Å². The van der Waals surface area contributed by atoms with E-state index >= 15 is 0 Å². The molecule has 0 unspecified atom stereocenters. The summed E-state index contributed by atoms with van der Waals surface area (Å²) in [6, 6.07) is 0. The number of imide groups is 1. The number of carbonyl (C=O) groups is 2. The number of nitrogens with two attached hydrogens (primary N) is 1. The lowest BCUT2D eigenvalue weighted by molar-refractivity contribution is -0.138. The van der Waals surface area contributed by atoms with Crippen molar-refractivity contribution >= 4 is 11.8 Å². The van der Waals surface area contributed by atoms with Crippen LogP contribution in [0.5, 0.6) is 0 Å². The highest BCUT2D eigenvalue weighted by Gasteiger charge is 2.47. The van der Waals surface area contributed by atoms with Crippen LogP contribution in [-0.2, 0) is 9.59 Å². The number of fused-ring (bicyclic) bond motifs is 1. The molecule has 84 valence electrons. The Hall–Kier alpha value is -0.940. The first-order chi connectivity index (χ1) is 7.15. The van der Waals surface area contributed by atoms with Crippen molar-refractivity contribution in [2.24, 2.45) is 17.6 Å². The van der Waals surface area contributed by atoms with Crippen LogP contribution in [0.2, 0.25) is 0 Å². The van der Waals surface area contributed by atoms with Crippen LogP contribution in [0.4, 0.5) is 0 Å². The van der Waals surface area contributed by atoms with Gasteiger partial charge in [0.2, 0.25) is 11.8 Å². The molecule has 0 spiro atoms. The smallest absolute Gasteiger partial charge is 0.234 e. The van der Waals surface area contributed by atoms with Gasteiger partial charge in [-0.05, 0) is 13.0 Å². The molecule has 2 atom stereocenters. The van der Waals surface area contributed by atoms with Crippen molar-refractivity contribution in [3.05, 3.63) is 0 Å². The molecule has 5 nitrogen and oxygen atoms in total. The second-order valence-corrected chi connectivity index (χ2v) is 4.33. The molecule has 2 fully saturated rings. The van der Waals surface area contributed by atoms with Crippen LogP contribution >= 0.6 is 0 Å². The maximum absolute atomic E-state index is 11.7. The Bertz CT molecular complexity index is 292. The van der Waals surface area contributed by atoms with Crippen LogP contribution in [0.1, 0.15) is 6.42 Å². The van der Waals surface area contributed by atoms with E-state index in [1.54, 1.807) is 7.05 Å². The zero-order valence-electron chi connectivity index (χ0n) is 8.98. The molecule has 2 saturated heterocycles. The lowest BCUT2D eigenvalue weighted by Crippen LogP contribution is -2.43. The van der Waals surface area contributed by atoms with Crippen LogP contribution in [0.15, 0.2) is 0 Å². The molecule has 15 heavy (non-hydrogen) atoms. The summed E-state index contributed by atoms with van der Waals surface area (Å²) in [5.41, 5.74) is 5.48. The number of likely N-dealkylation sites (tertiary alicyclic amines) is 2. The van der Waals surface area contributed by atoms with Gasteiger partial charge in [-0.1, -0.05) is 0 Å². The predicted octanol–water partition coefficient (Wildman–Crippen LogP) is -1.12. The molecule has 0 aromatic heterocycles. The van der Waals surface area contributed by atoms with Crippen molar-refractivity contribution in [2.75, 3.05) is 33.2 Å². The number of nitrogens with zero attached hydrogens (tertiary/aromatic N) is 2. The molecule has 0 aliphatic carbocycles. The van der Waals surface area contributed by atoms with Gasteiger partial charge in [0.05, 0.1) is 11.8 Å². The minimum atomic E-state index is -0.122. The second kappa shape index (κ2) is 3.90. The Morgan fingerprint density at radius 3 is 2.67 bits per heavy atom. The van der Waals surface area contributed by atoms with Crippen molar-refractivity contribution in [1.29, 1.82) is 0 Å². The van der Waals surface area contributed by atoms with Gasteiger partial charge in [0.15, 0.2) is 0 Å². The standard InChI is InChI=1S/C10H17N3O2/c1-12-9(14)7-2-4-13(5-3-11)6-8(7)10(12)15/h7-8H,2-6,11H2,1H3/t7-,8+/m1/s1. The number of hydrogen-bond acceptors (Lipinski definition) is 4. The number of piperidine rings is 1. The maximum atomic E-state index is 11.7. The van der Waals surface area contributed by atoms with E-state index in [4.69, 9.17) is 5.73 Å². The predicted molar refractivity (Wildman–Crippen MR) is 54.9 cm³/mol. The third kappa shape index (κ3) is 1.66. The van der Waals surface area contributed by atoms with E-state index in [0.717, 1.165) is 19.5 Å². The highest BCUT2D eigenvalue weighted by atomic mass is 16.2. The summed E-state index contributed by atoms with van der Waals surface area (Å²) in [7, 11) is 1.58. The summed E-state index contributed by atoms with van der Waals surface area (Å²) in [6.07, 6.45) is 0.791. The molecule has 0 bridgehead atoms. The minimum Gasteiger partial charge on any atom is -0.329 e. The van der Waals surface area contributed by atoms with Crippen LogP contribution in [-0.4, -0.2) is 54.8 Å². The Morgan fingerprint density at radius 1 is 1.33 bits per heavy atom. The van der Waals surface area contributed by atoms with Crippen molar-refractivity contribution in [3.8, 4) is 0 Å². The monoisotopic (exact) mass is 211 g/mol. The highest BCUT2D eigenvalue weighted by molar-refractivity contribution is 6.05. The maximum Gasteiger partial charge on any atom is 0.234 e.